The molecule has 0 aliphatic rings. The molecule has 3 aromatic rings. The maximum absolute atomic E-state index is 2.34. The van der Waals surface area contributed by atoms with Gasteiger partial charge in [0.1, 0.15) is 0 Å². The molecular formula is C18H13IS. The van der Waals surface area contributed by atoms with Crippen LogP contribution in [0.15, 0.2) is 83.8 Å². The van der Waals surface area contributed by atoms with Gasteiger partial charge in [-0.3, -0.25) is 0 Å². The summed E-state index contributed by atoms with van der Waals surface area (Å²) in [5.74, 6) is 0. The van der Waals surface area contributed by atoms with Gasteiger partial charge in [0.05, 0.1) is 0 Å². The van der Waals surface area contributed by atoms with E-state index in [1.165, 1.54) is 27.1 Å². The molecule has 0 aromatic heterocycles. The second-order valence-electron chi connectivity index (χ2n) is 4.56. The molecule has 2 heteroatoms. The van der Waals surface area contributed by atoms with Crippen molar-refractivity contribution >= 4 is 30.1 Å². The predicted octanol–water partition coefficient (Wildman–Crippen LogP) is 6.46. The summed E-state index contributed by atoms with van der Waals surface area (Å²) in [5.41, 5.74) is 5.06. The highest BCUT2D eigenvalue weighted by atomic mass is 127. The molecule has 98 valence electrons. The first-order chi connectivity index (χ1) is 9.86. The number of hydrogen-bond acceptors (Lipinski definition) is 1. The normalized spacial score (nSPS) is 10.4. The molecule has 0 aliphatic carbocycles. The summed E-state index contributed by atoms with van der Waals surface area (Å²) in [6.07, 6.45) is 0. The quantitative estimate of drug-likeness (QED) is 0.464. The zero-order chi connectivity index (χ0) is 13.8. The molecule has 0 N–H and O–H groups in total. The summed E-state index contributed by atoms with van der Waals surface area (Å²) < 4.78 is 0. The van der Waals surface area contributed by atoms with Crippen LogP contribution in [0.3, 0.4) is 0 Å². The molecule has 0 atom stereocenters. The van der Waals surface area contributed by atoms with Crippen LogP contribution < -0.4 is 0 Å². The standard InChI is InChI=1S/C18H13IS/c19-20-18-12-16(14-7-3-1-4-8-14)11-17(13-18)15-9-5-2-6-10-15/h1-13H. The average molecular weight is 388 g/mol. The number of benzene rings is 3. The Hall–Kier alpha value is -1.26. The van der Waals surface area contributed by atoms with Crippen molar-refractivity contribution in [2.24, 2.45) is 0 Å². The Morgan fingerprint density at radius 1 is 0.550 bits per heavy atom. The SMILES string of the molecule is ISc1cc(-c2ccccc2)cc(-c2ccccc2)c1. The molecule has 0 nitrogen and oxygen atoms in total. The van der Waals surface area contributed by atoms with Crippen molar-refractivity contribution in [3.8, 4) is 22.3 Å². The molecule has 0 heterocycles. The Labute approximate surface area is 135 Å². The highest BCUT2D eigenvalue weighted by molar-refractivity contribution is 14.2. The predicted molar refractivity (Wildman–Crippen MR) is 97.2 cm³/mol. The lowest BCUT2D eigenvalue weighted by molar-refractivity contribution is 1.46. The average Bonchev–Trinajstić information content (AvgIpc) is 2.56. The van der Waals surface area contributed by atoms with Gasteiger partial charge >= 0.3 is 0 Å². The van der Waals surface area contributed by atoms with Crippen LogP contribution in [-0.4, -0.2) is 0 Å². The molecule has 3 rings (SSSR count). The molecule has 0 saturated heterocycles. The van der Waals surface area contributed by atoms with E-state index >= 15 is 0 Å². The van der Waals surface area contributed by atoms with Crippen LogP contribution in [0.1, 0.15) is 0 Å². The summed E-state index contributed by atoms with van der Waals surface area (Å²) in [6.45, 7) is 0. The number of halogens is 1. The highest BCUT2D eigenvalue weighted by Crippen LogP contribution is 2.34. The van der Waals surface area contributed by atoms with E-state index in [4.69, 9.17) is 0 Å². The first-order valence-electron chi connectivity index (χ1n) is 6.41. The maximum Gasteiger partial charge on any atom is 0.0191 e. The van der Waals surface area contributed by atoms with Crippen LogP contribution in [0.25, 0.3) is 22.3 Å². The Bertz CT molecular complexity index is 635. The fraction of sp³-hybridized carbons (Fsp3) is 0. The minimum absolute atomic E-state index is 1.26. The highest BCUT2D eigenvalue weighted by Gasteiger charge is 2.05. The van der Waals surface area contributed by atoms with Crippen LogP contribution in [-0.2, 0) is 0 Å². The van der Waals surface area contributed by atoms with Gasteiger partial charge in [0.15, 0.2) is 0 Å². The van der Waals surface area contributed by atoms with E-state index in [0.717, 1.165) is 0 Å². The Kier molecular flexibility index (Phi) is 4.43. The second kappa shape index (κ2) is 6.46. The van der Waals surface area contributed by atoms with Crippen LogP contribution in [0.2, 0.25) is 0 Å². The number of rotatable bonds is 3. The van der Waals surface area contributed by atoms with Gasteiger partial charge in [-0.25, -0.2) is 0 Å². The number of hydrogen-bond donors (Lipinski definition) is 0. The van der Waals surface area contributed by atoms with E-state index in [1.807, 2.05) is 0 Å². The Morgan fingerprint density at radius 2 is 1.00 bits per heavy atom. The van der Waals surface area contributed by atoms with Crippen molar-refractivity contribution in [3.63, 3.8) is 0 Å². The zero-order valence-electron chi connectivity index (χ0n) is 10.8. The molecule has 0 amide bonds. The molecule has 0 saturated carbocycles. The second-order valence-corrected chi connectivity index (χ2v) is 6.50. The van der Waals surface area contributed by atoms with Gasteiger partial charge in [0.25, 0.3) is 0 Å². The summed E-state index contributed by atoms with van der Waals surface area (Å²) in [7, 11) is 1.76. The van der Waals surface area contributed by atoms with Crippen LogP contribution in [0, 0.1) is 0 Å². The van der Waals surface area contributed by atoms with E-state index in [1.54, 1.807) is 8.93 Å². The van der Waals surface area contributed by atoms with Gasteiger partial charge in [0.2, 0.25) is 0 Å². The summed E-state index contributed by atoms with van der Waals surface area (Å²) in [4.78, 5) is 1.28. The lowest BCUT2D eigenvalue weighted by Gasteiger charge is -2.09. The third-order valence-corrected chi connectivity index (χ3v) is 5.15. The largest absolute Gasteiger partial charge is 0.0622 e. The molecule has 0 radical (unpaired) electrons. The van der Waals surface area contributed by atoms with E-state index in [2.05, 4.69) is 100 Å². The van der Waals surface area contributed by atoms with Gasteiger partial charge < -0.3 is 0 Å². The Morgan fingerprint density at radius 3 is 1.40 bits per heavy atom. The van der Waals surface area contributed by atoms with E-state index in [9.17, 15) is 0 Å². The van der Waals surface area contributed by atoms with Crippen molar-refractivity contribution in [1.29, 1.82) is 0 Å². The summed E-state index contributed by atoms with van der Waals surface area (Å²) in [6, 6.07) is 27.8. The van der Waals surface area contributed by atoms with Gasteiger partial charge in [-0.05, 0) is 40.5 Å². The van der Waals surface area contributed by atoms with Crippen LogP contribution in [0.5, 0.6) is 0 Å². The van der Waals surface area contributed by atoms with Crippen LogP contribution >= 0.6 is 30.1 Å². The Balaban J connectivity index is 2.13. The van der Waals surface area contributed by atoms with Crippen molar-refractivity contribution in [3.05, 3.63) is 78.9 Å². The van der Waals surface area contributed by atoms with Gasteiger partial charge in [-0.1, -0.05) is 69.6 Å². The van der Waals surface area contributed by atoms with Crippen molar-refractivity contribution in [2.75, 3.05) is 0 Å². The fourth-order valence-electron chi connectivity index (χ4n) is 2.24. The molecule has 3 aromatic carbocycles. The third-order valence-electron chi connectivity index (χ3n) is 3.21. The lowest BCUT2D eigenvalue weighted by atomic mass is 9.99. The van der Waals surface area contributed by atoms with Crippen LogP contribution in [0.4, 0.5) is 0 Å². The molecule has 0 fully saturated rings. The maximum atomic E-state index is 2.34. The molecular weight excluding hydrogens is 375 g/mol. The van der Waals surface area contributed by atoms with Gasteiger partial charge in [-0.2, -0.15) is 0 Å². The minimum atomic E-state index is 1.26. The van der Waals surface area contributed by atoms with E-state index in [0.29, 0.717) is 0 Å². The van der Waals surface area contributed by atoms with Crippen molar-refractivity contribution in [2.45, 2.75) is 4.90 Å². The summed E-state index contributed by atoms with van der Waals surface area (Å²) in [5, 5.41) is 0. The lowest BCUT2D eigenvalue weighted by Crippen LogP contribution is -1.83. The molecule has 20 heavy (non-hydrogen) atoms. The van der Waals surface area contributed by atoms with Gasteiger partial charge in [0, 0.05) is 26.1 Å². The first-order valence-corrected chi connectivity index (χ1v) is 9.77. The van der Waals surface area contributed by atoms with Crippen molar-refractivity contribution in [1.82, 2.24) is 0 Å². The fourth-order valence-corrected chi connectivity index (χ4v) is 3.34. The molecule has 0 unspecified atom stereocenters. The van der Waals surface area contributed by atoms with Gasteiger partial charge in [-0.15, -0.1) is 0 Å². The molecule has 0 bridgehead atoms. The smallest absolute Gasteiger partial charge is 0.0191 e. The third kappa shape index (κ3) is 3.07. The first kappa shape index (κ1) is 13.7. The monoisotopic (exact) mass is 388 g/mol. The van der Waals surface area contributed by atoms with E-state index < -0.39 is 0 Å². The van der Waals surface area contributed by atoms with E-state index in [-0.39, 0.29) is 0 Å². The minimum Gasteiger partial charge on any atom is -0.0622 e. The molecule has 0 aliphatic heterocycles. The summed E-state index contributed by atoms with van der Waals surface area (Å²) >= 11 is 2.34. The zero-order valence-corrected chi connectivity index (χ0v) is 13.8. The topological polar surface area (TPSA) is 0 Å². The molecule has 0 spiro atoms. The van der Waals surface area contributed by atoms with Crippen molar-refractivity contribution < 1.29 is 0 Å².